The SMILES string of the molecule is CC(C)CNCC(O)COc1cc(Cl)c(Cl)cc1Cl. The molecule has 108 valence electrons. The molecule has 0 saturated carbocycles. The van der Waals surface area contributed by atoms with Crippen LogP contribution >= 0.6 is 34.8 Å². The van der Waals surface area contributed by atoms with Crippen molar-refractivity contribution in [2.45, 2.75) is 20.0 Å². The molecule has 0 aliphatic heterocycles. The Morgan fingerprint density at radius 2 is 1.74 bits per heavy atom. The van der Waals surface area contributed by atoms with Crippen molar-refractivity contribution in [1.82, 2.24) is 5.32 Å². The standard InChI is InChI=1S/C13H18Cl3NO2/c1-8(2)5-17-6-9(18)7-19-13-4-11(15)10(14)3-12(13)16/h3-4,8-9,17-18H,5-7H2,1-2H3. The normalized spacial score (nSPS) is 12.8. The van der Waals surface area contributed by atoms with E-state index in [0.717, 1.165) is 6.54 Å². The highest BCUT2D eigenvalue weighted by Crippen LogP contribution is 2.33. The van der Waals surface area contributed by atoms with Gasteiger partial charge in [-0.25, -0.2) is 0 Å². The second-order valence-corrected chi connectivity index (χ2v) is 5.94. The van der Waals surface area contributed by atoms with Crippen molar-refractivity contribution in [3.05, 3.63) is 27.2 Å². The van der Waals surface area contributed by atoms with Gasteiger partial charge < -0.3 is 15.2 Å². The molecule has 0 aliphatic carbocycles. The van der Waals surface area contributed by atoms with Crippen molar-refractivity contribution < 1.29 is 9.84 Å². The number of nitrogens with one attached hydrogen (secondary N) is 1. The molecule has 1 atom stereocenters. The molecule has 0 bridgehead atoms. The van der Waals surface area contributed by atoms with Crippen molar-refractivity contribution in [2.24, 2.45) is 5.92 Å². The maximum atomic E-state index is 9.75. The number of benzene rings is 1. The van der Waals surface area contributed by atoms with Crippen LogP contribution in [0.2, 0.25) is 15.1 Å². The zero-order chi connectivity index (χ0) is 14.4. The Labute approximate surface area is 128 Å². The summed E-state index contributed by atoms with van der Waals surface area (Å²) in [6.07, 6.45) is -0.607. The molecule has 0 aromatic heterocycles. The summed E-state index contributed by atoms with van der Waals surface area (Å²) >= 11 is 17.7. The summed E-state index contributed by atoms with van der Waals surface area (Å²) in [4.78, 5) is 0. The summed E-state index contributed by atoms with van der Waals surface area (Å²) in [5.41, 5.74) is 0. The number of aliphatic hydroxyl groups is 1. The maximum absolute atomic E-state index is 9.75. The smallest absolute Gasteiger partial charge is 0.139 e. The zero-order valence-corrected chi connectivity index (χ0v) is 13.2. The molecule has 1 rings (SSSR count). The Hall–Kier alpha value is -0.190. The van der Waals surface area contributed by atoms with Crippen LogP contribution in [0, 0.1) is 5.92 Å². The third-order valence-corrected chi connectivity index (χ3v) is 3.36. The topological polar surface area (TPSA) is 41.5 Å². The van der Waals surface area contributed by atoms with Gasteiger partial charge in [0.05, 0.1) is 15.1 Å². The van der Waals surface area contributed by atoms with E-state index in [4.69, 9.17) is 39.5 Å². The molecule has 3 nitrogen and oxygen atoms in total. The minimum absolute atomic E-state index is 0.142. The Kier molecular flexibility index (Phi) is 7.26. The van der Waals surface area contributed by atoms with E-state index < -0.39 is 6.10 Å². The minimum atomic E-state index is -0.607. The number of ether oxygens (including phenoxy) is 1. The van der Waals surface area contributed by atoms with Crippen LogP contribution in [0.25, 0.3) is 0 Å². The fraction of sp³-hybridized carbons (Fsp3) is 0.538. The molecule has 0 heterocycles. The molecule has 1 unspecified atom stereocenters. The van der Waals surface area contributed by atoms with Crippen LogP contribution in [0.1, 0.15) is 13.8 Å². The first-order chi connectivity index (χ1) is 8.90. The van der Waals surface area contributed by atoms with Gasteiger partial charge >= 0.3 is 0 Å². The van der Waals surface area contributed by atoms with E-state index in [1.54, 1.807) is 6.07 Å². The van der Waals surface area contributed by atoms with Gasteiger partial charge in [-0.3, -0.25) is 0 Å². The van der Waals surface area contributed by atoms with Crippen molar-refractivity contribution in [2.75, 3.05) is 19.7 Å². The van der Waals surface area contributed by atoms with Gasteiger partial charge in [0.25, 0.3) is 0 Å². The predicted octanol–water partition coefficient (Wildman–Crippen LogP) is 3.63. The van der Waals surface area contributed by atoms with Gasteiger partial charge in [-0.15, -0.1) is 0 Å². The molecular weight excluding hydrogens is 309 g/mol. The highest BCUT2D eigenvalue weighted by Gasteiger charge is 2.10. The largest absolute Gasteiger partial charge is 0.489 e. The zero-order valence-electron chi connectivity index (χ0n) is 10.9. The Morgan fingerprint density at radius 3 is 2.37 bits per heavy atom. The summed E-state index contributed by atoms with van der Waals surface area (Å²) in [5.74, 6) is 0.955. The molecule has 2 N–H and O–H groups in total. The lowest BCUT2D eigenvalue weighted by Crippen LogP contribution is -2.33. The molecule has 1 aromatic rings. The predicted molar refractivity (Wildman–Crippen MR) is 80.7 cm³/mol. The van der Waals surface area contributed by atoms with Crippen LogP contribution in [0.5, 0.6) is 5.75 Å². The highest BCUT2D eigenvalue weighted by atomic mass is 35.5. The van der Waals surface area contributed by atoms with Crippen LogP contribution < -0.4 is 10.1 Å². The maximum Gasteiger partial charge on any atom is 0.139 e. The van der Waals surface area contributed by atoms with Crippen LogP contribution in [0.4, 0.5) is 0 Å². The summed E-state index contributed by atoms with van der Waals surface area (Å²) in [6.45, 7) is 5.67. The first kappa shape index (κ1) is 16.9. The van der Waals surface area contributed by atoms with E-state index in [0.29, 0.717) is 33.3 Å². The van der Waals surface area contributed by atoms with Crippen molar-refractivity contribution in [1.29, 1.82) is 0 Å². The van der Waals surface area contributed by atoms with Crippen molar-refractivity contribution in [3.63, 3.8) is 0 Å². The van der Waals surface area contributed by atoms with Gasteiger partial charge in [0, 0.05) is 12.6 Å². The summed E-state index contributed by atoms with van der Waals surface area (Å²) in [7, 11) is 0. The Morgan fingerprint density at radius 1 is 1.11 bits per heavy atom. The average molecular weight is 327 g/mol. The van der Waals surface area contributed by atoms with Gasteiger partial charge in [0.15, 0.2) is 0 Å². The fourth-order valence-electron chi connectivity index (χ4n) is 1.40. The van der Waals surface area contributed by atoms with E-state index in [-0.39, 0.29) is 6.61 Å². The Bertz CT molecular complexity index is 413. The van der Waals surface area contributed by atoms with Gasteiger partial charge in [-0.2, -0.15) is 0 Å². The van der Waals surface area contributed by atoms with Gasteiger partial charge in [0.1, 0.15) is 18.5 Å². The van der Waals surface area contributed by atoms with E-state index in [1.807, 2.05) is 0 Å². The highest BCUT2D eigenvalue weighted by molar-refractivity contribution is 6.43. The molecule has 0 amide bonds. The molecule has 0 radical (unpaired) electrons. The molecule has 0 saturated heterocycles. The molecular formula is C13H18Cl3NO2. The van der Waals surface area contributed by atoms with Gasteiger partial charge in [-0.05, 0) is 18.5 Å². The first-order valence-corrected chi connectivity index (χ1v) is 7.19. The Balaban J connectivity index is 2.42. The molecule has 1 aromatic carbocycles. The lowest BCUT2D eigenvalue weighted by Gasteiger charge is -2.15. The van der Waals surface area contributed by atoms with E-state index in [1.165, 1.54) is 6.07 Å². The van der Waals surface area contributed by atoms with Crippen LogP contribution in [-0.4, -0.2) is 30.9 Å². The molecule has 0 fully saturated rings. The summed E-state index contributed by atoms with van der Waals surface area (Å²) < 4.78 is 5.43. The number of hydrogen-bond acceptors (Lipinski definition) is 3. The molecule has 19 heavy (non-hydrogen) atoms. The van der Waals surface area contributed by atoms with Crippen LogP contribution in [-0.2, 0) is 0 Å². The number of rotatable bonds is 7. The molecule has 6 heteroatoms. The second-order valence-electron chi connectivity index (χ2n) is 4.71. The average Bonchev–Trinajstić information content (AvgIpc) is 2.31. The number of halogens is 3. The van der Waals surface area contributed by atoms with Crippen LogP contribution in [0.15, 0.2) is 12.1 Å². The lowest BCUT2D eigenvalue weighted by molar-refractivity contribution is 0.106. The number of hydrogen-bond donors (Lipinski definition) is 2. The second kappa shape index (κ2) is 8.18. The van der Waals surface area contributed by atoms with E-state index >= 15 is 0 Å². The van der Waals surface area contributed by atoms with Crippen molar-refractivity contribution >= 4 is 34.8 Å². The first-order valence-electron chi connectivity index (χ1n) is 6.06. The summed E-state index contributed by atoms with van der Waals surface area (Å²) in [5, 5.41) is 14.0. The van der Waals surface area contributed by atoms with Crippen molar-refractivity contribution in [3.8, 4) is 5.75 Å². The quantitative estimate of drug-likeness (QED) is 0.752. The molecule has 0 spiro atoms. The van der Waals surface area contributed by atoms with Gasteiger partial charge in [0.2, 0.25) is 0 Å². The lowest BCUT2D eigenvalue weighted by atomic mass is 10.2. The van der Waals surface area contributed by atoms with Gasteiger partial charge in [-0.1, -0.05) is 48.7 Å². The van der Waals surface area contributed by atoms with Crippen LogP contribution in [0.3, 0.4) is 0 Å². The third-order valence-electron chi connectivity index (χ3n) is 2.34. The summed E-state index contributed by atoms with van der Waals surface area (Å²) in [6, 6.07) is 3.06. The monoisotopic (exact) mass is 325 g/mol. The van der Waals surface area contributed by atoms with E-state index in [2.05, 4.69) is 19.2 Å². The van der Waals surface area contributed by atoms with E-state index in [9.17, 15) is 5.11 Å². The molecule has 0 aliphatic rings. The number of aliphatic hydroxyl groups excluding tert-OH is 1. The third kappa shape index (κ3) is 6.19. The minimum Gasteiger partial charge on any atom is -0.489 e. The fourth-order valence-corrected chi connectivity index (χ4v) is 1.99.